The van der Waals surface area contributed by atoms with E-state index in [0.717, 1.165) is 37.1 Å². The number of hydrogen-bond donors (Lipinski definition) is 2. The zero-order chi connectivity index (χ0) is 16.0. The van der Waals surface area contributed by atoms with Gasteiger partial charge < -0.3 is 10.7 Å². The lowest BCUT2D eigenvalue weighted by Gasteiger charge is -2.07. The average Bonchev–Trinajstić information content (AvgIpc) is 3.22. The molecule has 0 unspecified atom stereocenters. The second kappa shape index (κ2) is 5.33. The average molecular weight is 339 g/mol. The van der Waals surface area contributed by atoms with Gasteiger partial charge in [0.05, 0.1) is 10.7 Å². The van der Waals surface area contributed by atoms with Crippen LogP contribution >= 0.6 is 22.7 Å². The summed E-state index contributed by atoms with van der Waals surface area (Å²) < 4.78 is 0. The van der Waals surface area contributed by atoms with Gasteiger partial charge in [0.1, 0.15) is 10.3 Å². The number of benzene rings is 1. The Bertz CT molecular complexity index is 1010. The van der Waals surface area contributed by atoms with Crippen LogP contribution in [0.2, 0.25) is 0 Å². The molecule has 6 heteroatoms. The Hall–Kier alpha value is -2.44. The molecular formula is C17H13N3OS2. The van der Waals surface area contributed by atoms with Crippen LogP contribution in [-0.4, -0.2) is 15.9 Å². The molecule has 0 aliphatic carbocycles. The monoisotopic (exact) mass is 339 g/mol. The van der Waals surface area contributed by atoms with Gasteiger partial charge in [-0.05, 0) is 24.4 Å². The molecule has 0 aliphatic heterocycles. The molecule has 3 heterocycles. The minimum absolute atomic E-state index is 0.431. The zero-order valence-electron chi connectivity index (χ0n) is 12.3. The molecule has 1 amide bonds. The quantitative estimate of drug-likeness (QED) is 0.579. The molecule has 0 radical (unpaired) electrons. The number of aryl methyl sites for hydroxylation is 1. The fraction of sp³-hybridized carbons (Fsp3) is 0.0588. The molecular weight excluding hydrogens is 326 g/mol. The summed E-state index contributed by atoms with van der Waals surface area (Å²) in [6.07, 6.45) is 0. The van der Waals surface area contributed by atoms with Crippen molar-refractivity contribution in [3.05, 3.63) is 52.3 Å². The van der Waals surface area contributed by atoms with Gasteiger partial charge in [0, 0.05) is 21.6 Å². The number of rotatable bonds is 3. The van der Waals surface area contributed by atoms with E-state index in [1.807, 2.05) is 36.6 Å². The summed E-state index contributed by atoms with van der Waals surface area (Å²) in [6.45, 7) is 1.99. The number of nitrogens with two attached hydrogens (primary N) is 1. The number of carbonyl (C=O) groups is 1. The van der Waals surface area contributed by atoms with E-state index in [4.69, 9.17) is 5.73 Å². The first kappa shape index (κ1) is 14.2. The highest BCUT2D eigenvalue weighted by Crippen LogP contribution is 2.42. The van der Waals surface area contributed by atoms with Crippen LogP contribution in [0.4, 0.5) is 0 Å². The number of fused-ring (bicyclic) bond motifs is 1. The van der Waals surface area contributed by atoms with E-state index in [0.29, 0.717) is 5.56 Å². The lowest BCUT2D eigenvalue weighted by molar-refractivity contribution is 0.100. The Labute approximate surface area is 140 Å². The number of thiazole rings is 1. The predicted octanol–water partition coefficient (Wildman–Crippen LogP) is 4.43. The molecule has 0 fully saturated rings. The standard InChI is InChI=1S/C17H13N3OS2/c1-9-19-15-13(12-7-4-8-22-12)14(20-17(15)23-9)10-5-2-3-6-11(10)16(18)21/h2-8,20H,1H3,(H2,18,21). The third kappa shape index (κ3) is 2.27. The van der Waals surface area contributed by atoms with Crippen LogP contribution in [0.1, 0.15) is 15.4 Å². The summed E-state index contributed by atoms with van der Waals surface area (Å²) in [5, 5.41) is 3.05. The first-order valence-corrected chi connectivity index (χ1v) is 8.77. The highest BCUT2D eigenvalue weighted by Gasteiger charge is 2.21. The van der Waals surface area contributed by atoms with Crippen molar-refractivity contribution < 1.29 is 4.79 Å². The number of aromatic nitrogens is 2. The molecule has 3 N–H and O–H groups in total. The fourth-order valence-corrected chi connectivity index (χ4v) is 4.36. The van der Waals surface area contributed by atoms with E-state index in [1.54, 1.807) is 28.7 Å². The predicted molar refractivity (Wildman–Crippen MR) is 96.0 cm³/mol. The van der Waals surface area contributed by atoms with Crippen molar-refractivity contribution >= 4 is 38.9 Å². The molecule has 0 saturated carbocycles. The summed E-state index contributed by atoms with van der Waals surface area (Å²) in [7, 11) is 0. The normalized spacial score (nSPS) is 11.2. The number of carbonyl (C=O) groups excluding carboxylic acids is 1. The van der Waals surface area contributed by atoms with Gasteiger partial charge >= 0.3 is 0 Å². The van der Waals surface area contributed by atoms with Gasteiger partial charge in [-0.1, -0.05) is 24.3 Å². The third-order valence-electron chi connectivity index (χ3n) is 3.69. The Kier molecular flexibility index (Phi) is 3.28. The zero-order valence-corrected chi connectivity index (χ0v) is 13.9. The van der Waals surface area contributed by atoms with Crippen LogP contribution in [0.25, 0.3) is 32.0 Å². The topological polar surface area (TPSA) is 71.8 Å². The van der Waals surface area contributed by atoms with Crippen molar-refractivity contribution in [2.24, 2.45) is 5.73 Å². The molecule has 0 spiro atoms. The molecule has 3 aromatic heterocycles. The lowest BCUT2D eigenvalue weighted by atomic mass is 10.0. The van der Waals surface area contributed by atoms with Crippen LogP contribution in [0.15, 0.2) is 41.8 Å². The molecule has 0 atom stereocenters. The second-order valence-corrected chi connectivity index (χ2v) is 7.32. The second-order valence-electron chi connectivity index (χ2n) is 5.17. The van der Waals surface area contributed by atoms with Crippen molar-refractivity contribution in [1.82, 2.24) is 9.97 Å². The van der Waals surface area contributed by atoms with Crippen LogP contribution in [-0.2, 0) is 0 Å². The van der Waals surface area contributed by atoms with Gasteiger partial charge in [-0.15, -0.1) is 22.7 Å². The first-order valence-electron chi connectivity index (χ1n) is 7.07. The van der Waals surface area contributed by atoms with E-state index >= 15 is 0 Å². The smallest absolute Gasteiger partial charge is 0.249 e. The largest absolute Gasteiger partial charge is 0.366 e. The number of H-pyrrole nitrogens is 1. The van der Waals surface area contributed by atoms with Crippen LogP contribution in [0.3, 0.4) is 0 Å². The van der Waals surface area contributed by atoms with Crippen LogP contribution < -0.4 is 5.73 Å². The fourth-order valence-electron chi connectivity index (χ4n) is 2.75. The number of nitrogens with zero attached hydrogens (tertiary/aromatic N) is 1. The molecule has 114 valence electrons. The SMILES string of the molecule is Cc1nc2c(-c3cccs3)c(-c3ccccc3C(N)=O)[nH]c2s1. The minimum Gasteiger partial charge on any atom is -0.366 e. The highest BCUT2D eigenvalue weighted by atomic mass is 32.1. The summed E-state index contributed by atoms with van der Waals surface area (Å²) >= 11 is 3.27. The molecule has 0 bridgehead atoms. The van der Waals surface area contributed by atoms with E-state index in [1.165, 1.54) is 0 Å². The summed E-state index contributed by atoms with van der Waals surface area (Å²) in [5.41, 5.74) is 9.75. The van der Waals surface area contributed by atoms with Gasteiger partial charge in [0.2, 0.25) is 5.91 Å². The van der Waals surface area contributed by atoms with Crippen LogP contribution in [0.5, 0.6) is 0 Å². The number of nitrogens with one attached hydrogen (secondary N) is 1. The van der Waals surface area contributed by atoms with Crippen molar-refractivity contribution in [2.45, 2.75) is 6.92 Å². The summed E-state index contributed by atoms with van der Waals surface area (Å²) in [6, 6.07) is 11.5. The van der Waals surface area contributed by atoms with Crippen molar-refractivity contribution in [3.8, 4) is 21.7 Å². The van der Waals surface area contributed by atoms with Crippen molar-refractivity contribution in [1.29, 1.82) is 0 Å². The highest BCUT2D eigenvalue weighted by molar-refractivity contribution is 7.18. The third-order valence-corrected chi connectivity index (χ3v) is 5.46. The molecule has 4 rings (SSSR count). The number of hydrogen-bond acceptors (Lipinski definition) is 4. The summed E-state index contributed by atoms with van der Waals surface area (Å²) in [4.78, 5) is 22.0. The first-order chi connectivity index (χ1) is 11.1. The van der Waals surface area contributed by atoms with Gasteiger partial charge in [0.15, 0.2) is 0 Å². The van der Waals surface area contributed by atoms with Crippen LogP contribution in [0, 0.1) is 6.92 Å². The maximum atomic E-state index is 11.8. The number of thiophene rings is 1. The molecule has 23 heavy (non-hydrogen) atoms. The summed E-state index contributed by atoms with van der Waals surface area (Å²) in [5.74, 6) is -0.431. The molecule has 4 nitrogen and oxygen atoms in total. The molecule has 4 aromatic rings. The van der Waals surface area contributed by atoms with Gasteiger partial charge in [0.25, 0.3) is 0 Å². The Morgan fingerprint density at radius 1 is 1.22 bits per heavy atom. The van der Waals surface area contributed by atoms with Crippen molar-refractivity contribution in [2.75, 3.05) is 0 Å². The van der Waals surface area contributed by atoms with Crippen molar-refractivity contribution in [3.63, 3.8) is 0 Å². The van der Waals surface area contributed by atoms with E-state index in [9.17, 15) is 4.79 Å². The van der Waals surface area contributed by atoms with E-state index in [-0.39, 0.29) is 0 Å². The maximum Gasteiger partial charge on any atom is 0.249 e. The Morgan fingerprint density at radius 2 is 2.04 bits per heavy atom. The Balaban J connectivity index is 2.07. The van der Waals surface area contributed by atoms with Gasteiger partial charge in [-0.25, -0.2) is 4.98 Å². The number of aromatic amines is 1. The van der Waals surface area contributed by atoms with E-state index in [2.05, 4.69) is 16.0 Å². The number of primary amides is 1. The van der Waals surface area contributed by atoms with E-state index < -0.39 is 5.91 Å². The minimum atomic E-state index is -0.431. The molecule has 1 aromatic carbocycles. The Morgan fingerprint density at radius 3 is 2.78 bits per heavy atom. The molecule has 0 saturated heterocycles. The van der Waals surface area contributed by atoms with Gasteiger partial charge in [-0.3, -0.25) is 4.79 Å². The number of amides is 1. The maximum absolute atomic E-state index is 11.8. The lowest BCUT2D eigenvalue weighted by Crippen LogP contribution is -2.12. The van der Waals surface area contributed by atoms with Gasteiger partial charge in [-0.2, -0.15) is 0 Å². The molecule has 0 aliphatic rings.